The van der Waals surface area contributed by atoms with E-state index >= 15 is 0 Å². The fourth-order valence-electron chi connectivity index (χ4n) is 4.67. The molecular formula is C20H27N3O4. The number of nitrogens with zero attached hydrogens (tertiary/aromatic N) is 1. The predicted octanol–water partition coefficient (Wildman–Crippen LogP) is 2.77. The molecule has 146 valence electrons. The summed E-state index contributed by atoms with van der Waals surface area (Å²) in [6.45, 7) is 6.03. The number of benzene rings is 1. The Balaban J connectivity index is 1.69. The average Bonchev–Trinajstić information content (AvgIpc) is 2.77. The van der Waals surface area contributed by atoms with Crippen molar-refractivity contribution in [3.63, 3.8) is 0 Å². The summed E-state index contributed by atoms with van der Waals surface area (Å²) in [7, 11) is 1.56. The lowest BCUT2D eigenvalue weighted by atomic mass is 9.64. The van der Waals surface area contributed by atoms with E-state index in [1.807, 2.05) is 0 Å². The number of anilines is 1. The number of carbonyl (C=O) groups excluding carboxylic acids is 3. The SMILES string of the molecule is COc1ccc(NC(=O)CN2C(=O)N[C@@]3(C[C@@H](C)CC(C)(C)C3)C2=O)cc1. The summed E-state index contributed by atoms with van der Waals surface area (Å²) in [6.07, 6.45) is 2.21. The van der Waals surface area contributed by atoms with Gasteiger partial charge in [0.15, 0.2) is 0 Å². The van der Waals surface area contributed by atoms with Gasteiger partial charge in [0.1, 0.15) is 17.8 Å². The first kappa shape index (κ1) is 19.2. The Hall–Kier alpha value is -2.57. The summed E-state index contributed by atoms with van der Waals surface area (Å²) >= 11 is 0. The lowest BCUT2D eigenvalue weighted by Crippen LogP contribution is -2.54. The summed E-state index contributed by atoms with van der Waals surface area (Å²) in [5.74, 6) is 0.296. The number of hydrogen-bond donors (Lipinski definition) is 2. The Morgan fingerprint density at radius 3 is 2.52 bits per heavy atom. The van der Waals surface area contributed by atoms with Gasteiger partial charge in [0, 0.05) is 5.69 Å². The van der Waals surface area contributed by atoms with Crippen molar-refractivity contribution in [2.75, 3.05) is 19.0 Å². The molecule has 1 aromatic rings. The van der Waals surface area contributed by atoms with Gasteiger partial charge in [-0.1, -0.05) is 20.8 Å². The van der Waals surface area contributed by atoms with Crippen molar-refractivity contribution in [2.45, 2.75) is 45.6 Å². The molecule has 1 aliphatic carbocycles. The van der Waals surface area contributed by atoms with Crippen molar-refractivity contribution in [2.24, 2.45) is 11.3 Å². The molecule has 27 heavy (non-hydrogen) atoms. The minimum Gasteiger partial charge on any atom is -0.497 e. The average molecular weight is 373 g/mol. The van der Waals surface area contributed by atoms with Crippen LogP contribution in [0.5, 0.6) is 5.75 Å². The molecule has 1 saturated heterocycles. The van der Waals surface area contributed by atoms with Gasteiger partial charge >= 0.3 is 6.03 Å². The number of nitrogens with one attached hydrogen (secondary N) is 2. The van der Waals surface area contributed by atoms with E-state index in [2.05, 4.69) is 31.4 Å². The fourth-order valence-corrected chi connectivity index (χ4v) is 4.67. The molecule has 1 saturated carbocycles. The number of hydrogen-bond acceptors (Lipinski definition) is 4. The quantitative estimate of drug-likeness (QED) is 0.795. The lowest BCUT2D eigenvalue weighted by molar-refractivity contribution is -0.136. The molecule has 7 heteroatoms. The highest BCUT2D eigenvalue weighted by Crippen LogP contribution is 2.46. The van der Waals surface area contributed by atoms with Crippen molar-refractivity contribution >= 4 is 23.5 Å². The molecule has 3 rings (SSSR count). The van der Waals surface area contributed by atoms with E-state index in [9.17, 15) is 14.4 Å². The molecule has 0 radical (unpaired) electrons. The smallest absolute Gasteiger partial charge is 0.325 e. The van der Waals surface area contributed by atoms with E-state index in [0.717, 1.165) is 11.3 Å². The van der Waals surface area contributed by atoms with Gasteiger partial charge in [-0.3, -0.25) is 14.5 Å². The van der Waals surface area contributed by atoms with Crippen LogP contribution in [0.15, 0.2) is 24.3 Å². The standard InChI is InChI=1S/C20H27N3O4/c1-13-9-19(2,3)12-20(10-13)17(25)23(18(26)22-20)11-16(24)21-14-5-7-15(27-4)8-6-14/h5-8,13H,9-12H2,1-4H3,(H,21,24)(H,22,26)/t13-,20+/m0/s1. The summed E-state index contributed by atoms with van der Waals surface area (Å²) in [5, 5.41) is 5.59. The highest BCUT2D eigenvalue weighted by atomic mass is 16.5. The van der Waals surface area contributed by atoms with E-state index in [4.69, 9.17) is 4.74 Å². The highest BCUT2D eigenvalue weighted by Gasteiger charge is 2.56. The van der Waals surface area contributed by atoms with Gasteiger partial charge in [-0.25, -0.2) is 4.79 Å². The van der Waals surface area contributed by atoms with E-state index in [1.165, 1.54) is 0 Å². The normalized spacial score (nSPS) is 26.8. The van der Waals surface area contributed by atoms with Crippen molar-refractivity contribution < 1.29 is 19.1 Å². The second-order valence-electron chi connectivity index (χ2n) is 8.53. The Kier molecular flexibility index (Phi) is 4.88. The first-order valence-corrected chi connectivity index (χ1v) is 9.22. The fraction of sp³-hybridized carbons (Fsp3) is 0.550. The van der Waals surface area contributed by atoms with Gasteiger partial charge < -0.3 is 15.4 Å². The Labute approximate surface area is 159 Å². The molecule has 4 amide bonds. The van der Waals surface area contributed by atoms with Gasteiger partial charge in [-0.05, 0) is 54.9 Å². The summed E-state index contributed by atoms with van der Waals surface area (Å²) in [5.41, 5.74) is -0.351. The molecule has 1 aromatic carbocycles. The second kappa shape index (κ2) is 6.87. The molecule has 2 atom stereocenters. The number of ether oxygens (including phenoxy) is 1. The number of methoxy groups -OCH3 is 1. The molecule has 1 spiro atoms. The van der Waals surface area contributed by atoms with Crippen molar-refractivity contribution in [3.05, 3.63) is 24.3 Å². The third-order valence-electron chi connectivity index (χ3n) is 5.30. The molecule has 0 unspecified atom stereocenters. The van der Waals surface area contributed by atoms with Crippen LogP contribution in [0.1, 0.15) is 40.0 Å². The maximum absolute atomic E-state index is 13.0. The Morgan fingerprint density at radius 1 is 1.26 bits per heavy atom. The molecule has 0 aromatic heterocycles. The summed E-state index contributed by atoms with van der Waals surface area (Å²) < 4.78 is 5.08. The van der Waals surface area contributed by atoms with Gasteiger partial charge in [-0.2, -0.15) is 0 Å². The minimum atomic E-state index is -0.890. The van der Waals surface area contributed by atoms with E-state index in [1.54, 1.807) is 31.4 Å². The zero-order valence-electron chi connectivity index (χ0n) is 16.3. The number of carbonyl (C=O) groups is 3. The Bertz CT molecular complexity index is 759. The van der Waals surface area contributed by atoms with Crippen LogP contribution in [-0.2, 0) is 9.59 Å². The number of imide groups is 1. The minimum absolute atomic E-state index is 0.0397. The van der Waals surface area contributed by atoms with E-state index in [0.29, 0.717) is 30.2 Å². The third-order valence-corrected chi connectivity index (χ3v) is 5.30. The molecule has 1 aliphatic heterocycles. The third kappa shape index (κ3) is 3.91. The van der Waals surface area contributed by atoms with Crippen LogP contribution in [0.25, 0.3) is 0 Å². The van der Waals surface area contributed by atoms with Gasteiger partial charge in [0.25, 0.3) is 5.91 Å². The second-order valence-corrected chi connectivity index (χ2v) is 8.53. The zero-order valence-corrected chi connectivity index (χ0v) is 16.3. The molecule has 2 N–H and O–H groups in total. The molecule has 2 fully saturated rings. The largest absolute Gasteiger partial charge is 0.497 e. The van der Waals surface area contributed by atoms with Crippen LogP contribution in [0, 0.1) is 11.3 Å². The van der Waals surface area contributed by atoms with Crippen molar-refractivity contribution in [1.29, 1.82) is 0 Å². The maximum Gasteiger partial charge on any atom is 0.325 e. The topological polar surface area (TPSA) is 87.7 Å². The van der Waals surface area contributed by atoms with E-state index < -0.39 is 17.5 Å². The molecule has 7 nitrogen and oxygen atoms in total. The van der Waals surface area contributed by atoms with E-state index in [-0.39, 0.29) is 17.9 Å². The predicted molar refractivity (Wildman–Crippen MR) is 101 cm³/mol. The molecule has 1 heterocycles. The number of amides is 4. The van der Waals surface area contributed by atoms with Crippen molar-refractivity contribution in [3.8, 4) is 5.75 Å². The molecule has 0 bridgehead atoms. The van der Waals surface area contributed by atoms with Crippen LogP contribution in [0.4, 0.5) is 10.5 Å². The zero-order chi connectivity index (χ0) is 19.8. The summed E-state index contributed by atoms with van der Waals surface area (Å²) in [4.78, 5) is 38.9. The number of urea groups is 1. The monoisotopic (exact) mass is 373 g/mol. The highest BCUT2D eigenvalue weighted by molar-refractivity contribution is 6.10. The van der Waals surface area contributed by atoms with Crippen molar-refractivity contribution in [1.82, 2.24) is 10.2 Å². The summed E-state index contributed by atoms with van der Waals surface area (Å²) in [6, 6.07) is 6.37. The van der Waals surface area contributed by atoms with Crippen LogP contribution >= 0.6 is 0 Å². The number of rotatable bonds is 4. The maximum atomic E-state index is 13.0. The van der Waals surface area contributed by atoms with Crippen LogP contribution in [0.3, 0.4) is 0 Å². The van der Waals surface area contributed by atoms with Crippen LogP contribution < -0.4 is 15.4 Å². The molecule has 2 aliphatic rings. The Morgan fingerprint density at radius 2 is 1.93 bits per heavy atom. The van der Waals surface area contributed by atoms with Crippen LogP contribution in [0.2, 0.25) is 0 Å². The first-order chi connectivity index (χ1) is 12.6. The first-order valence-electron chi connectivity index (χ1n) is 9.22. The lowest BCUT2D eigenvalue weighted by Gasteiger charge is -2.43. The van der Waals surface area contributed by atoms with Gasteiger partial charge in [-0.15, -0.1) is 0 Å². The van der Waals surface area contributed by atoms with Crippen LogP contribution in [-0.4, -0.2) is 41.9 Å². The molecular weight excluding hydrogens is 346 g/mol. The van der Waals surface area contributed by atoms with Gasteiger partial charge in [0.2, 0.25) is 5.91 Å². The van der Waals surface area contributed by atoms with Gasteiger partial charge in [0.05, 0.1) is 7.11 Å².